The highest BCUT2D eigenvalue weighted by molar-refractivity contribution is 6.01. The predicted molar refractivity (Wildman–Crippen MR) is 113 cm³/mol. The largest absolute Gasteiger partial charge is 0.460 e. The Hall–Kier alpha value is -2.75. The number of imide groups is 1. The fraction of sp³-hybridized carbons (Fsp3) is 0.591. The molecule has 8 nitrogen and oxygen atoms in total. The van der Waals surface area contributed by atoms with Gasteiger partial charge in [0.2, 0.25) is 11.8 Å². The zero-order valence-corrected chi connectivity index (χ0v) is 18.5. The standard InChI is InChI=1S/C22H29F2N3O5/c1-21(2,3)32-18(29)12-22(31)6-8-27(9-7-22)19-14(23)10-13(11-15(19)24)25-16-4-5-17(28)26-20(16)30/h10-11,16,25,31H,4-9,12H2,1-3H3,(H,26,28,30)/t16-/m1/s1. The van der Waals surface area contributed by atoms with Gasteiger partial charge in [-0.15, -0.1) is 0 Å². The molecule has 0 saturated carbocycles. The van der Waals surface area contributed by atoms with Crippen molar-refractivity contribution in [2.45, 2.75) is 70.1 Å². The molecular weight excluding hydrogens is 424 g/mol. The van der Waals surface area contributed by atoms with Crippen molar-refractivity contribution in [1.82, 2.24) is 5.32 Å². The maximum absolute atomic E-state index is 14.8. The number of esters is 1. The minimum absolute atomic E-state index is 0.0942. The monoisotopic (exact) mass is 453 g/mol. The summed E-state index contributed by atoms with van der Waals surface area (Å²) in [5.74, 6) is -3.05. The summed E-state index contributed by atoms with van der Waals surface area (Å²) in [5.41, 5.74) is -2.09. The summed E-state index contributed by atoms with van der Waals surface area (Å²) in [7, 11) is 0. The van der Waals surface area contributed by atoms with Crippen LogP contribution in [0.15, 0.2) is 12.1 Å². The van der Waals surface area contributed by atoms with Crippen LogP contribution >= 0.6 is 0 Å². The van der Waals surface area contributed by atoms with E-state index in [4.69, 9.17) is 4.74 Å². The van der Waals surface area contributed by atoms with Crippen LogP contribution in [0.1, 0.15) is 52.9 Å². The highest BCUT2D eigenvalue weighted by atomic mass is 19.1. The van der Waals surface area contributed by atoms with Gasteiger partial charge in [0, 0.05) is 25.2 Å². The third-order valence-electron chi connectivity index (χ3n) is 5.50. The highest BCUT2D eigenvalue weighted by Gasteiger charge is 2.37. The van der Waals surface area contributed by atoms with Gasteiger partial charge in [0.25, 0.3) is 0 Å². The second-order valence-corrected chi connectivity index (χ2v) is 9.41. The summed E-state index contributed by atoms with van der Waals surface area (Å²) in [6.07, 6.45) is 0.505. The van der Waals surface area contributed by atoms with Gasteiger partial charge in [-0.3, -0.25) is 19.7 Å². The van der Waals surface area contributed by atoms with Crippen molar-refractivity contribution in [1.29, 1.82) is 0 Å². The first-order valence-corrected chi connectivity index (χ1v) is 10.6. The number of nitrogens with zero attached hydrogens (tertiary/aromatic N) is 1. The molecule has 0 radical (unpaired) electrons. The number of carbonyl (C=O) groups excluding carboxylic acids is 3. The topological polar surface area (TPSA) is 108 Å². The molecule has 2 amide bonds. The molecule has 0 unspecified atom stereocenters. The molecule has 10 heteroatoms. The van der Waals surface area contributed by atoms with Crippen molar-refractivity contribution >= 4 is 29.2 Å². The number of anilines is 2. The first-order chi connectivity index (χ1) is 14.8. The lowest BCUT2D eigenvalue weighted by molar-refractivity contribution is -0.161. The molecule has 1 atom stereocenters. The molecule has 0 aliphatic carbocycles. The molecule has 32 heavy (non-hydrogen) atoms. The number of rotatable bonds is 5. The molecule has 2 aliphatic rings. The van der Waals surface area contributed by atoms with Crippen LogP contribution in [0.2, 0.25) is 0 Å². The smallest absolute Gasteiger partial charge is 0.309 e. The van der Waals surface area contributed by atoms with E-state index in [1.54, 1.807) is 20.8 Å². The Morgan fingerprint density at radius 2 is 1.84 bits per heavy atom. The van der Waals surface area contributed by atoms with Crippen LogP contribution < -0.4 is 15.5 Å². The average molecular weight is 453 g/mol. The van der Waals surface area contributed by atoms with Gasteiger partial charge in [0.1, 0.15) is 17.3 Å². The van der Waals surface area contributed by atoms with Crippen LogP contribution in [0.3, 0.4) is 0 Å². The number of hydrogen-bond acceptors (Lipinski definition) is 7. The average Bonchev–Trinajstić information content (AvgIpc) is 2.63. The molecule has 0 spiro atoms. The van der Waals surface area contributed by atoms with Crippen LogP contribution in [0.25, 0.3) is 0 Å². The number of benzene rings is 1. The number of piperidine rings is 2. The number of hydrogen-bond donors (Lipinski definition) is 3. The Morgan fingerprint density at radius 3 is 2.38 bits per heavy atom. The van der Waals surface area contributed by atoms with E-state index >= 15 is 0 Å². The predicted octanol–water partition coefficient (Wildman–Crippen LogP) is 2.24. The number of ether oxygens (including phenoxy) is 1. The van der Waals surface area contributed by atoms with Crippen LogP contribution in [0.4, 0.5) is 20.2 Å². The number of nitrogens with one attached hydrogen (secondary N) is 2. The fourth-order valence-corrected chi connectivity index (χ4v) is 3.95. The summed E-state index contributed by atoms with van der Waals surface area (Å²) in [6.45, 7) is 5.53. The number of amides is 2. The van der Waals surface area contributed by atoms with E-state index in [0.29, 0.717) is 0 Å². The zero-order chi connectivity index (χ0) is 23.7. The van der Waals surface area contributed by atoms with Crippen molar-refractivity contribution in [3.05, 3.63) is 23.8 Å². The molecule has 1 aromatic carbocycles. The van der Waals surface area contributed by atoms with Crippen LogP contribution in [0.5, 0.6) is 0 Å². The highest BCUT2D eigenvalue weighted by Crippen LogP contribution is 2.34. The van der Waals surface area contributed by atoms with Crippen molar-refractivity contribution in [2.75, 3.05) is 23.3 Å². The molecule has 0 bridgehead atoms. The molecule has 1 aromatic rings. The Balaban J connectivity index is 1.63. The second-order valence-electron chi connectivity index (χ2n) is 9.41. The van der Waals surface area contributed by atoms with Gasteiger partial charge in [-0.25, -0.2) is 8.78 Å². The lowest BCUT2D eigenvalue weighted by Gasteiger charge is -2.39. The lowest BCUT2D eigenvalue weighted by atomic mass is 9.88. The number of carbonyl (C=O) groups is 3. The summed E-state index contributed by atoms with van der Waals surface area (Å²) in [4.78, 5) is 36.7. The normalized spacial score (nSPS) is 21.2. The molecular formula is C22H29F2N3O5. The van der Waals surface area contributed by atoms with E-state index < -0.39 is 40.8 Å². The molecule has 3 N–H and O–H groups in total. The second kappa shape index (κ2) is 9.01. The molecule has 2 aliphatic heterocycles. The minimum Gasteiger partial charge on any atom is -0.460 e. The van der Waals surface area contributed by atoms with Gasteiger partial charge in [-0.05, 0) is 52.2 Å². The summed E-state index contributed by atoms with van der Waals surface area (Å²) in [5, 5.41) is 15.7. The molecule has 0 aromatic heterocycles. The molecule has 2 heterocycles. The Bertz CT molecular complexity index is 884. The van der Waals surface area contributed by atoms with Gasteiger partial charge in [-0.1, -0.05) is 0 Å². The third kappa shape index (κ3) is 5.93. The van der Waals surface area contributed by atoms with E-state index in [-0.39, 0.29) is 62.5 Å². The maximum Gasteiger partial charge on any atom is 0.309 e. The van der Waals surface area contributed by atoms with E-state index in [2.05, 4.69) is 10.6 Å². The van der Waals surface area contributed by atoms with Crippen molar-refractivity contribution in [3.8, 4) is 0 Å². The number of aliphatic hydroxyl groups is 1. The van der Waals surface area contributed by atoms with Gasteiger partial charge in [-0.2, -0.15) is 0 Å². The van der Waals surface area contributed by atoms with Gasteiger partial charge in [0.15, 0.2) is 11.6 Å². The van der Waals surface area contributed by atoms with Gasteiger partial charge in [0.05, 0.1) is 12.0 Å². The maximum atomic E-state index is 14.8. The number of halogens is 2. The Kier molecular flexibility index (Phi) is 6.73. The van der Waals surface area contributed by atoms with Gasteiger partial charge < -0.3 is 20.1 Å². The first-order valence-electron chi connectivity index (χ1n) is 10.6. The Labute approximate surface area is 185 Å². The molecule has 2 saturated heterocycles. The van der Waals surface area contributed by atoms with E-state index in [0.717, 1.165) is 12.1 Å². The Morgan fingerprint density at radius 1 is 1.25 bits per heavy atom. The van der Waals surface area contributed by atoms with Crippen LogP contribution in [0, 0.1) is 11.6 Å². The van der Waals surface area contributed by atoms with Crippen molar-refractivity contribution in [2.24, 2.45) is 0 Å². The van der Waals surface area contributed by atoms with E-state index in [1.807, 2.05) is 0 Å². The first kappa shape index (κ1) is 23.9. The van der Waals surface area contributed by atoms with Crippen molar-refractivity contribution < 1.29 is 33.0 Å². The molecule has 2 fully saturated rings. The van der Waals surface area contributed by atoms with E-state index in [9.17, 15) is 28.3 Å². The lowest BCUT2D eigenvalue weighted by Crippen LogP contribution is -2.47. The summed E-state index contributed by atoms with van der Waals surface area (Å²) in [6, 6.07) is 1.45. The van der Waals surface area contributed by atoms with Crippen LogP contribution in [-0.4, -0.2) is 53.2 Å². The van der Waals surface area contributed by atoms with Crippen LogP contribution in [-0.2, 0) is 19.1 Å². The van der Waals surface area contributed by atoms with E-state index in [1.165, 1.54) is 4.90 Å². The summed E-state index contributed by atoms with van der Waals surface area (Å²) < 4.78 is 34.8. The molecule has 3 rings (SSSR count). The van der Waals surface area contributed by atoms with Crippen molar-refractivity contribution in [3.63, 3.8) is 0 Å². The third-order valence-corrected chi connectivity index (χ3v) is 5.50. The SMILES string of the molecule is CC(C)(C)OC(=O)CC1(O)CCN(c2c(F)cc(N[C@@H]3CCC(=O)NC3=O)cc2F)CC1. The summed E-state index contributed by atoms with van der Waals surface area (Å²) >= 11 is 0. The van der Waals surface area contributed by atoms with Gasteiger partial charge >= 0.3 is 5.97 Å². The zero-order valence-electron chi connectivity index (χ0n) is 18.5. The molecule has 176 valence electrons. The minimum atomic E-state index is -1.29. The quantitative estimate of drug-likeness (QED) is 0.464. The fourth-order valence-electron chi connectivity index (χ4n) is 3.95.